The molecule has 1 saturated carbocycles. The summed E-state index contributed by atoms with van der Waals surface area (Å²) in [5.74, 6) is -0.0495. The van der Waals surface area contributed by atoms with Crippen LogP contribution in [0, 0.1) is 0 Å². The molecule has 2 aromatic carbocycles. The second-order valence-electron chi connectivity index (χ2n) is 6.84. The van der Waals surface area contributed by atoms with Crippen LogP contribution in [0.5, 0.6) is 0 Å². The molecule has 1 aliphatic carbocycles. The molecule has 0 radical (unpaired) electrons. The van der Waals surface area contributed by atoms with Crippen molar-refractivity contribution in [2.45, 2.75) is 24.8 Å². The van der Waals surface area contributed by atoms with Crippen LogP contribution in [0.25, 0.3) is 0 Å². The van der Waals surface area contributed by atoms with Gasteiger partial charge in [-0.05, 0) is 48.2 Å². The molecule has 1 aliphatic rings. The Morgan fingerprint density at radius 1 is 1.19 bits per heavy atom. The number of carbonyl (C=O) groups excluding carboxylic acids is 1. The maximum atomic E-state index is 12.3. The lowest BCUT2D eigenvalue weighted by Gasteiger charge is -2.18. The molecular formula is C21H25ClN2O2. The molecule has 26 heavy (non-hydrogen) atoms. The molecule has 0 aromatic heterocycles. The van der Waals surface area contributed by atoms with Gasteiger partial charge in [-0.3, -0.25) is 4.79 Å². The summed E-state index contributed by atoms with van der Waals surface area (Å²) in [5, 5.41) is 7.18. The van der Waals surface area contributed by atoms with Crippen molar-refractivity contribution in [2.75, 3.05) is 26.8 Å². The van der Waals surface area contributed by atoms with Gasteiger partial charge in [0.2, 0.25) is 0 Å². The third-order valence-corrected chi connectivity index (χ3v) is 5.10. The zero-order valence-corrected chi connectivity index (χ0v) is 15.8. The third kappa shape index (κ3) is 4.85. The Bertz CT molecular complexity index is 759. The van der Waals surface area contributed by atoms with Gasteiger partial charge in [-0.1, -0.05) is 35.9 Å². The van der Waals surface area contributed by atoms with Gasteiger partial charge in [-0.25, -0.2) is 0 Å². The highest BCUT2D eigenvalue weighted by Crippen LogP contribution is 2.47. The predicted molar refractivity (Wildman–Crippen MR) is 105 cm³/mol. The van der Waals surface area contributed by atoms with E-state index in [0.717, 1.165) is 31.0 Å². The van der Waals surface area contributed by atoms with Crippen LogP contribution in [0.1, 0.15) is 34.3 Å². The van der Waals surface area contributed by atoms with Gasteiger partial charge in [0, 0.05) is 42.7 Å². The summed E-state index contributed by atoms with van der Waals surface area (Å²) in [6.45, 7) is 2.72. The van der Waals surface area contributed by atoms with Gasteiger partial charge in [0.1, 0.15) is 0 Å². The molecular weight excluding hydrogens is 348 g/mol. The Labute approximate surface area is 159 Å². The van der Waals surface area contributed by atoms with Crippen molar-refractivity contribution in [2.24, 2.45) is 0 Å². The minimum atomic E-state index is -0.0495. The lowest BCUT2D eigenvalue weighted by molar-refractivity contribution is 0.0937. The van der Waals surface area contributed by atoms with E-state index < -0.39 is 0 Å². The Hall–Kier alpha value is -1.88. The molecule has 0 saturated heterocycles. The molecule has 0 heterocycles. The monoisotopic (exact) mass is 372 g/mol. The molecule has 0 bridgehead atoms. The van der Waals surface area contributed by atoms with Crippen LogP contribution < -0.4 is 10.6 Å². The summed E-state index contributed by atoms with van der Waals surface area (Å²) in [6, 6.07) is 15.9. The molecule has 3 rings (SSSR count). The average Bonchev–Trinajstić information content (AvgIpc) is 3.43. The van der Waals surface area contributed by atoms with E-state index in [-0.39, 0.29) is 11.3 Å². The number of ether oxygens (including phenoxy) is 1. The first-order valence-electron chi connectivity index (χ1n) is 8.96. The summed E-state index contributed by atoms with van der Waals surface area (Å²) >= 11 is 6.04. The number of carbonyl (C=O) groups is 1. The number of methoxy groups -OCH3 is 1. The van der Waals surface area contributed by atoms with Gasteiger partial charge in [-0.2, -0.15) is 0 Å². The number of benzene rings is 2. The van der Waals surface area contributed by atoms with E-state index in [0.29, 0.717) is 18.7 Å². The van der Waals surface area contributed by atoms with E-state index >= 15 is 0 Å². The summed E-state index contributed by atoms with van der Waals surface area (Å²) < 4.78 is 4.97. The van der Waals surface area contributed by atoms with Crippen molar-refractivity contribution in [3.63, 3.8) is 0 Å². The SMILES string of the molecule is COCCNC(=O)c1cccc(C2(CNCc3cccc(Cl)c3)CC2)c1. The van der Waals surface area contributed by atoms with Crippen LogP contribution in [0.2, 0.25) is 5.02 Å². The lowest BCUT2D eigenvalue weighted by Crippen LogP contribution is -2.28. The highest BCUT2D eigenvalue weighted by Gasteiger charge is 2.43. The van der Waals surface area contributed by atoms with Crippen molar-refractivity contribution in [3.05, 3.63) is 70.2 Å². The van der Waals surface area contributed by atoms with Crippen molar-refractivity contribution < 1.29 is 9.53 Å². The minimum Gasteiger partial charge on any atom is -0.383 e. The molecule has 2 N–H and O–H groups in total. The van der Waals surface area contributed by atoms with Crippen molar-refractivity contribution in [1.82, 2.24) is 10.6 Å². The summed E-state index contributed by atoms with van der Waals surface area (Å²) in [6.07, 6.45) is 2.29. The van der Waals surface area contributed by atoms with Crippen molar-refractivity contribution in [3.8, 4) is 0 Å². The molecule has 1 fully saturated rings. The van der Waals surface area contributed by atoms with E-state index in [2.05, 4.69) is 22.8 Å². The minimum absolute atomic E-state index is 0.0495. The van der Waals surface area contributed by atoms with Crippen LogP contribution in [0.4, 0.5) is 0 Å². The maximum Gasteiger partial charge on any atom is 0.251 e. The standard InChI is InChI=1S/C21H25ClN2O2/c1-26-11-10-24-20(25)17-5-3-6-18(13-17)21(8-9-21)15-23-14-16-4-2-7-19(22)12-16/h2-7,12-13,23H,8-11,14-15H2,1H3,(H,24,25). The average molecular weight is 373 g/mol. The Kier molecular flexibility index (Phi) is 6.30. The Morgan fingerprint density at radius 3 is 2.73 bits per heavy atom. The normalized spacial score (nSPS) is 14.8. The van der Waals surface area contributed by atoms with Crippen LogP contribution >= 0.6 is 11.6 Å². The smallest absolute Gasteiger partial charge is 0.251 e. The van der Waals surface area contributed by atoms with Gasteiger partial charge in [0.15, 0.2) is 0 Å². The van der Waals surface area contributed by atoms with Gasteiger partial charge in [0.25, 0.3) is 5.91 Å². The van der Waals surface area contributed by atoms with E-state index in [9.17, 15) is 4.79 Å². The number of nitrogens with one attached hydrogen (secondary N) is 2. The molecule has 0 aliphatic heterocycles. The number of hydrogen-bond acceptors (Lipinski definition) is 3. The van der Waals surface area contributed by atoms with Crippen LogP contribution in [-0.4, -0.2) is 32.7 Å². The van der Waals surface area contributed by atoms with Gasteiger partial charge in [-0.15, -0.1) is 0 Å². The van der Waals surface area contributed by atoms with Gasteiger partial charge in [0.05, 0.1) is 6.61 Å². The molecule has 0 unspecified atom stereocenters. The lowest BCUT2D eigenvalue weighted by atomic mass is 9.94. The quantitative estimate of drug-likeness (QED) is 0.662. The molecule has 1 amide bonds. The van der Waals surface area contributed by atoms with Crippen LogP contribution in [0.3, 0.4) is 0 Å². The third-order valence-electron chi connectivity index (χ3n) is 4.86. The number of amides is 1. The fraction of sp³-hybridized carbons (Fsp3) is 0.381. The van der Waals surface area contributed by atoms with Gasteiger partial charge >= 0.3 is 0 Å². The van der Waals surface area contributed by atoms with E-state index in [1.165, 1.54) is 11.1 Å². The van der Waals surface area contributed by atoms with Crippen LogP contribution in [-0.2, 0) is 16.7 Å². The predicted octanol–water partition coefficient (Wildman–Crippen LogP) is 3.54. The number of rotatable bonds is 9. The van der Waals surface area contributed by atoms with Crippen molar-refractivity contribution >= 4 is 17.5 Å². The molecule has 0 spiro atoms. The first kappa shape index (κ1) is 18.9. The Balaban J connectivity index is 1.59. The second kappa shape index (κ2) is 8.67. The summed E-state index contributed by atoms with van der Waals surface area (Å²) in [5.41, 5.74) is 3.26. The summed E-state index contributed by atoms with van der Waals surface area (Å²) in [4.78, 5) is 12.3. The second-order valence-corrected chi connectivity index (χ2v) is 7.28. The van der Waals surface area contributed by atoms with E-state index in [1.807, 2.05) is 36.4 Å². The topological polar surface area (TPSA) is 50.4 Å². The van der Waals surface area contributed by atoms with E-state index in [1.54, 1.807) is 7.11 Å². The molecule has 4 nitrogen and oxygen atoms in total. The highest BCUT2D eigenvalue weighted by atomic mass is 35.5. The Morgan fingerprint density at radius 2 is 2.00 bits per heavy atom. The maximum absolute atomic E-state index is 12.3. The number of hydrogen-bond donors (Lipinski definition) is 2. The molecule has 138 valence electrons. The molecule has 2 aromatic rings. The largest absolute Gasteiger partial charge is 0.383 e. The first-order valence-corrected chi connectivity index (χ1v) is 9.34. The molecule has 0 atom stereocenters. The van der Waals surface area contributed by atoms with E-state index in [4.69, 9.17) is 16.3 Å². The zero-order chi connectivity index (χ0) is 18.4. The zero-order valence-electron chi connectivity index (χ0n) is 15.1. The molecule has 5 heteroatoms. The first-order chi connectivity index (χ1) is 12.6. The number of halogens is 1. The van der Waals surface area contributed by atoms with Gasteiger partial charge < -0.3 is 15.4 Å². The highest BCUT2D eigenvalue weighted by molar-refractivity contribution is 6.30. The fourth-order valence-corrected chi connectivity index (χ4v) is 3.38. The van der Waals surface area contributed by atoms with Crippen LogP contribution in [0.15, 0.2) is 48.5 Å². The summed E-state index contributed by atoms with van der Waals surface area (Å²) in [7, 11) is 1.63. The van der Waals surface area contributed by atoms with Crippen molar-refractivity contribution in [1.29, 1.82) is 0 Å². The fourth-order valence-electron chi connectivity index (χ4n) is 3.17.